The van der Waals surface area contributed by atoms with Gasteiger partial charge in [0.2, 0.25) is 17.7 Å². The predicted molar refractivity (Wildman–Crippen MR) is 82.5 cm³/mol. The Balaban J connectivity index is 1.62. The zero-order valence-corrected chi connectivity index (χ0v) is 14.0. The van der Waals surface area contributed by atoms with Crippen LogP contribution in [-0.4, -0.2) is 89.5 Å². The lowest BCUT2D eigenvalue weighted by Crippen LogP contribution is -2.68. The smallest absolute Gasteiger partial charge is 0.249 e. The maximum atomic E-state index is 13.0. The number of amides is 2. The highest BCUT2D eigenvalue weighted by Crippen LogP contribution is 2.44. The number of halogens is 2. The number of aliphatic hydroxyl groups excluding tert-OH is 1. The molecule has 2 heterocycles. The lowest BCUT2D eigenvalue weighted by molar-refractivity contribution is -0.166. The molecule has 24 heavy (non-hydrogen) atoms. The van der Waals surface area contributed by atoms with Crippen LogP contribution in [0.3, 0.4) is 0 Å². The van der Waals surface area contributed by atoms with Gasteiger partial charge in [0.1, 0.15) is 5.54 Å². The Morgan fingerprint density at radius 2 is 1.83 bits per heavy atom. The van der Waals surface area contributed by atoms with Gasteiger partial charge >= 0.3 is 0 Å². The van der Waals surface area contributed by atoms with Gasteiger partial charge in [0.15, 0.2) is 0 Å². The van der Waals surface area contributed by atoms with Gasteiger partial charge in [-0.2, -0.15) is 0 Å². The zero-order valence-electron chi connectivity index (χ0n) is 14.0. The summed E-state index contributed by atoms with van der Waals surface area (Å²) in [5.41, 5.74) is -0.631. The highest BCUT2D eigenvalue weighted by molar-refractivity contribution is 5.88. The van der Waals surface area contributed by atoms with E-state index >= 15 is 0 Å². The van der Waals surface area contributed by atoms with Crippen molar-refractivity contribution in [2.75, 3.05) is 46.4 Å². The first-order valence-corrected chi connectivity index (χ1v) is 8.57. The molecule has 0 unspecified atom stereocenters. The number of piperazine rings is 1. The summed E-state index contributed by atoms with van der Waals surface area (Å²) in [5.74, 6) is -3.46. The second kappa shape index (κ2) is 6.22. The van der Waals surface area contributed by atoms with Crippen LogP contribution in [-0.2, 0) is 9.59 Å². The molecule has 0 bridgehead atoms. The van der Waals surface area contributed by atoms with Gasteiger partial charge in [-0.05, 0) is 19.9 Å². The minimum absolute atomic E-state index is 0.00702. The molecule has 3 fully saturated rings. The minimum Gasteiger partial charge on any atom is -0.395 e. The van der Waals surface area contributed by atoms with Gasteiger partial charge in [-0.1, -0.05) is 0 Å². The van der Waals surface area contributed by atoms with E-state index in [-0.39, 0.29) is 31.3 Å². The van der Waals surface area contributed by atoms with Crippen LogP contribution in [0.2, 0.25) is 0 Å². The SMILES string of the molecule is CN1CCN(CCO)C(=O)C12CCN(C(=O)C1CC(F)(F)C1)CC2. The molecule has 3 aliphatic rings. The van der Waals surface area contributed by atoms with Crippen LogP contribution in [0.1, 0.15) is 25.7 Å². The van der Waals surface area contributed by atoms with Crippen molar-refractivity contribution < 1.29 is 23.5 Å². The Hall–Kier alpha value is -1.28. The number of alkyl halides is 2. The van der Waals surface area contributed by atoms with E-state index in [2.05, 4.69) is 0 Å². The van der Waals surface area contributed by atoms with Crippen molar-refractivity contribution in [3.05, 3.63) is 0 Å². The Labute approximate surface area is 140 Å². The molecule has 0 aromatic carbocycles. The molecule has 2 saturated heterocycles. The monoisotopic (exact) mass is 345 g/mol. The summed E-state index contributed by atoms with van der Waals surface area (Å²) in [7, 11) is 1.91. The summed E-state index contributed by atoms with van der Waals surface area (Å²) in [5, 5.41) is 9.12. The van der Waals surface area contributed by atoms with Gasteiger partial charge in [0.05, 0.1) is 6.61 Å². The number of likely N-dealkylation sites (tertiary alicyclic amines) is 1. The van der Waals surface area contributed by atoms with Gasteiger partial charge < -0.3 is 14.9 Å². The maximum Gasteiger partial charge on any atom is 0.249 e. The van der Waals surface area contributed by atoms with Crippen LogP contribution < -0.4 is 0 Å². The fourth-order valence-electron chi connectivity index (χ4n) is 4.16. The number of aliphatic hydroxyl groups is 1. The number of rotatable bonds is 3. The third-order valence-electron chi connectivity index (χ3n) is 5.83. The third-order valence-corrected chi connectivity index (χ3v) is 5.83. The van der Waals surface area contributed by atoms with Crippen LogP contribution in [0, 0.1) is 5.92 Å². The molecular weight excluding hydrogens is 320 g/mol. The van der Waals surface area contributed by atoms with Crippen molar-refractivity contribution in [1.29, 1.82) is 0 Å². The highest BCUT2D eigenvalue weighted by Gasteiger charge is 2.53. The van der Waals surface area contributed by atoms with Crippen LogP contribution in [0.4, 0.5) is 8.78 Å². The number of likely N-dealkylation sites (N-methyl/N-ethyl adjacent to an activating group) is 1. The van der Waals surface area contributed by atoms with Crippen molar-refractivity contribution in [2.45, 2.75) is 37.1 Å². The number of β-amino-alcohol motifs (C(OH)–C–C–N with tert-alkyl or cyclic N) is 1. The normalized spacial score (nSPS) is 27.4. The van der Waals surface area contributed by atoms with E-state index in [9.17, 15) is 18.4 Å². The molecule has 2 amide bonds. The summed E-state index contributed by atoms with van der Waals surface area (Å²) in [6.45, 7) is 2.43. The number of nitrogens with zero attached hydrogens (tertiary/aromatic N) is 3. The summed E-state index contributed by atoms with van der Waals surface area (Å²) >= 11 is 0. The Bertz CT molecular complexity index is 513. The molecule has 1 aliphatic carbocycles. The first kappa shape index (κ1) is 17.5. The number of hydrogen-bond acceptors (Lipinski definition) is 4. The second-order valence-electron chi connectivity index (χ2n) is 7.26. The Morgan fingerprint density at radius 3 is 2.38 bits per heavy atom. The lowest BCUT2D eigenvalue weighted by atomic mass is 9.78. The Kier molecular flexibility index (Phi) is 4.55. The topological polar surface area (TPSA) is 64.1 Å². The minimum atomic E-state index is -2.69. The molecule has 0 atom stereocenters. The van der Waals surface area contributed by atoms with Crippen LogP contribution in [0.15, 0.2) is 0 Å². The molecule has 1 saturated carbocycles. The number of hydrogen-bond donors (Lipinski definition) is 1. The van der Waals surface area contributed by atoms with Crippen LogP contribution >= 0.6 is 0 Å². The van der Waals surface area contributed by atoms with E-state index in [1.165, 1.54) is 0 Å². The molecule has 136 valence electrons. The molecule has 8 heteroatoms. The van der Waals surface area contributed by atoms with Crippen molar-refractivity contribution in [3.63, 3.8) is 0 Å². The quantitative estimate of drug-likeness (QED) is 0.791. The number of piperidine rings is 1. The summed E-state index contributed by atoms with van der Waals surface area (Å²) in [6, 6.07) is 0. The fourth-order valence-corrected chi connectivity index (χ4v) is 4.16. The van der Waals surface area contributed by atoms with Gasteiger partial charge in [-0.25, -0.2) is 8.78 Å². The first-order valence-electron chi connectivity index (χ1n) is 8.57. The number of carbonyl (C=O) groups is 2. The van der Waals surface area contributed by atoms with E-state index in [0.717, 1.165) is 6.54 Å². The van der Waals surface area contributed by atoms with Gasteiger partial charge in [-0.15, -0.1) is 0 Å². The van der Waals surface area contributed by atoms with Crippen LogP contribution in [0.25, 0.3) is 0 Å². The summed E-state index contributed by atoms with van der Waals surface area (Å²) in [6.07, 6.45) is 0.325. The molecule has 0 aromatic heterocycles. The molecule has 1 spiro atoms. The van der Waals surface area contributed by atoms with Gasteiger partial charge in [-0.3, -0.25) is 14.5 Å². The Morgan fingerprint density at radius 1 is 1.21 bits per heavy atom. The number of carbonyl (C=O) groups excluding carboxylic acids is 2. The van der Waals surface area contributed by atoms with E-state index in [0.29, 0.717) is 39.0 Å². The van der Waals surface area contributed by atoms with Crippen molar-refractivity contribution in [1.82, 2.24) is 14.7 Å². The van der Waals surface area contributed by atoms with Gasteiger partial charge in [0, 0.05) is 51.5 Å². The van der Waals surface area contributed by atoms with Crippen LogP contribution in [0.5, 0.6) is 0 Å². The molecule has 1 N–H and O–H groups in total. The molecule has 0 aromatic rings. The largest absolute Gasteiger partial charge is 0.395 e. The summed E-state index contributed by atoms with van der Waals surface area (Å²) < 4.78 is 25.9. The first-order chi connectivity index (χ1) is 11.3. The molecule has 6 nitrogen and oxygen atoms in total. The lowest BCUT2D eigenvalue weighted by Gasteiger charge is -2.52. The van der Waals surface area contributed by atoms with E-state index in [1.54, 1.807) is 9.80 Å². The van der Waals surface area contributed by atoms with Crippen molar-refractivity contribution in [2.24, 2.45) is 5.92 Å². The molecule has 2 aliphatic heterocycles. The van der Waals surface area contributed by atoms with Gasteiger partial charge in [0.25, 0.3) is 0 Å². The predicted octanol–water partition coefficient (Wildman–Crippen LogP) is 0.159. The average Bonchev–Trinajstić information content (AvgIpc) is 2.53. The van der Waals surface area contributed by atoms with E-state index < -0.39 is 17.4 Å². The molecule has 0 radical (unpaired) electrons. The molecule has 3 rings (SSSR count). The molecular formula is C16H25F2N3O3. The third kappa shape index (κ3) is 2.90. The van der Waals surface area contributed by atoms with Crippen molar-refractivity contribution in [3.8, 4) is 0 Å². The van der Waals surface area contributed by atoms with Crippen molar-refractivity contribution >= 4 is 11.8 Å². The highest BCUT2D eigenvalue weighted by atomic mass is 19.3. The second-order valence-corrected chi connectivity index (χ2v) is 7.26. The average molecular weight is 345 g/mol. The summed E-state index contributed by atoms with van der Waals surface area (Å²) in [4.78, 5) is 30.5. The zero-order chi connectivity index (χ0) is 17.5. The maximum absolute atomic E-state index is 13.0. The van der Waals surface area contributed by atoms with E-state index in [1.807, 2.05) is 11.9 Å². The standard InChI is InChI=1S/C16H25F2N3O3/c1-19-6-7-21(8-9-22)14(24)15(19)2-4-20(5-3-15)13(23)12-10-16(17,18)11-12/h12,22H,2-11H2,1H3. The van der Waals surface area contributed by atoms with E-state index in [4.69, 9.17) is 5.11 Å². The fraction of sp³-hybridized carbons (Fsp3) is 0.875.